The van der Waals surface area contributed by atoms with Gasteiger partial charge in [0.05, 0.1) is 0 Å². The predicted octanol–water partition coefficient (Wildman–Crippen LogP) is 5.88. The number of hydrogen-bond acceptors (Lipinski definition) is 1. The fourth-order valence-corrected chi connectivity index (χ4v) is 4.02. The summed E-state index contributed by atoms with van der Waals surface area (Å²) in [6, 6.07) is 9.36. The van der Waals surface area contributed by atoms with Gasteiger partial charge in [0.1, 0.15) is 0 Å². The zero-order valence-corrected chi connectivity index (χ0v) is 15.8. The fourth-order valence-electron chi connectivity index (χ4n) is 3.75. The SMILES string of the molecule is CC(C)(NC1CCCCC1C(C)(C)C)c1ccc(Br)cc1. The first-order chi connectivity index (χ1) is 9.70. The van der Waals surface area contributed by atoms with E-state index in [-0.39, 0.29) is 5.54 Å². The van der Waals surface area contributed by atoms with Crippen molar-refractivity contribution in [3.05, 3.63) is 34.3 Å². The molecule has 1 aliphatic carbocycles. The molecule has 1 fully saturated rings. The van der Waals surface area contributed by atoms with Crippen LogP contribution in [0.2, 0.25) is 0 Å². The van der Waals surface area contributed by atoms with Crippen LogP contribution in [0.15, 0.2) is 28.7 Å². The van der Waals surface area contributed by atoms with Crippen molar-refractivity contribution in [3.8, 4) is 0 Å². The first-order valence-electron chi connectivity index (χ1n) is 8.24. The van der Waals surface area contributed by atoms with E-state index in [4.69, 9.17) is 0 Å². The normalized spacial score (nSPS) is 24.1. The van der Waals surface area contributed by atoms with Crippen LogP contribution in [0.5, 0.6) is 0 Å². The summed E-state index contributed by atoms with van der Waals surface area (Å²) in [5.41, 5.74) is 1.77. The highest BCUT2D eigenvalue weighted by molar-refractivity contribution is 9.10. The maximum atomic E-state index is 3.97. The molecule has 1 aromatic carbocycles. The van der Waals surface area contributed by atoms with Crippen LogP contribution in [0.4, 0.5) is 0 Å². The zero-order chi connectivity index (χ0) is 15.7. The van der Waals surface area contributed by atoms with Crippen LogP contribution in [0, 0.1) is 11.3 Å². The Kier molecular flexibility index (Phi) is 5.20. The van der Waals surface area contributed by atoms with Crippen LogP contribution in [0.1, 0.15) is 65.9 Å². The van der Waals surface area contributed by atoms with Gasteiger partial charge in [-0.1, -0.05) is 61.7 Å². The minimum absolute atomic E-state index is 0.0200. The van der Waals surface area contributed by atoms with Crippen LogP contribution >= 0.6 is 15.9 Å². The molecule has 0 saturated heterocycles. The molecule has 0 heterocycles. The summed E-state index contributed by atoms with van der Waals surface area (Å²) < 4.78 is 1.15. The fraction of sp³-hybridized carbons (Fsp3) is 0.684. The van der Waals surface area contributed by atoms with Crippen molar-refractivity contribution in [1.29, 1.82) is 0 Å². The minimum Gasteiger partial charge on any atom is -0.305 e. The molecule has 1 nitrogen and oxygen atoms in total. The molecule has 0 amide bonds. The molecule has 2 rings (SSSR count). The minimum atomic E-state index is 0.0200. The number of hydrogen-bond donors (Lipinski definition) is 1. The van der Waals surface area contributed by atoms with Gasteiger partial charge in [0.15, 0.2) is 0 Å². The van der Waals surface area contributed by atoms with Gasteiger partial charge in [0, 0.05) is 16.1 Å². The third kappa shape index (κ3) is 4.32. The third-order valence-corrected chi connectivity index (χ3v) is 5.52. The predicted molar refractivity (Wildman–Crippen MR) is 95.5 cm³/mol. The Morgan fingerprint density at radius 3 is 2.10 bits per heavy atom. The molecule has 0 bridgehead atoms. The molecular weight excluding hydrogens is 322 g/mol. The lowest BCUT2D eigenvalue weighted by Crippen LogP contribution is -2.51. The first-order valence-corrected chi connectivity index (χ1v) is 9.03. The number of benzene rings is 1. The van der Waals surface area contributed by atoms with Gasteiger partial charge in [-0.05, 0) is 55.7 Å². The largest absolute Gasteiger partial charge is 0.305 e. The van der Waals surface area contributed by atoms with Gasteiger partial charge in [-0.15, -0.1) is 0 Å². The van der Waals surface area contributed by atoms with Crippen molar-refractivity contribution in [2.24, 2.45) is 11.3 Å². The number of nitrogens with one attached hydrogen (secondary N) is 1. The topological polar surface area (TPSA) is 12.0 Å². The molecule has 118 valence electrons. The molecule has 0 spiro atoms. The second-order valence-electron chi connectivity index (χ2n) is 8.14. The highest BCUT2D eigenvalue weighted by Gasteiger charge is 2.36. The highest BCUT2D eigenvalue weighted by atomic mass is 79.9. The number of halogens is 1. The maximum Gasteiger partial charge on any atom is 0.0379 e. The molecule has 2 atom stereocenters. The molecule has 2 heteroatoms. The average molecular weight is 352 g/mol. The zero-order valence-electron chi connectivity index (χ0n) is 14.2. The summed E-state index contributed by atoms with van der Waals surface area (Å²) in [4.78, 5) is 0. The van der Waals surface area contributed by atoms with E-state index >= 15 is 0 Å². The van der Waals surface area contributed by atoms with Crippen molar-refractivity contribution in [1.82, 2.24) is 5.32 Å². The van der Waals surface area contributed by atoms with Gasteiger partial charge in [-0.25, -0.2) is 0 Å². The summed E-state index contributed by atoms with van der Waals surface area (Å²) >= 11 is 3.53. The highest BCUT2D eigenvalue weighted by Crippen LogP contribution is 2.39. The quantitative estimate of drug-likeness (QED) is 0.716. The smallest absolute Gasteiger partial charge is 0.0379 e. The van der Waals surface area contributed by atoms with Crippen LogP contribution in [0.3, 0.4) is 0 Å². The van der Waals surface area contributed by atoms with Crippen molar-refractivity contribution < 1.29 is 0 Å². The van der Waals surface area contributed by atoms with Crippen molar-refractivity contribution in [2.45, 2.75) is 71.9 Å². The Balaban J connectivity index is 2.15. The molecule has 0 radical (unpaired) electrons. The lowest BCUT2D eigenvalue weighted by Gasteiger charge is -2.44. The van der Waals surface area contributed by atoms with Crippen LogP contribution < -0.4 is 5.32 Å². The molecule has 0 aliphatic heterocycles. The molecular formula is C19H30BrN. The Labute approximate surface area is 139 Å². The molecule has 2 unspecified atom stereocenters. The van der Waals surface area contributed by atoms with Gasteiger partial charge in [-0.3, -0.25) is 0 Å². The van der Waals surface area contributed by atoms with Gasteiger partial charge in [0.25, 0.3) is 0 Å². The Hall–Kier alpha value is -0.340. The van der Waals surface area contributed by atoms with E-state index in [1.165, 1.54) is 31.2 Å². The van der Waals surface area contributed by atoms with E-state index in [0.29, 0.717) is 11.5 Å². The average Bonchev–Trinajstić information content (AvgIpc) is 2.38. The maximum absolute atomic E-state index is 3.97. The van der Waals surface area contributed by atoms with Crippen LogP contribution in [0.25, 0.3) is 0 Å². The third-order valence-electron chi connectivity index (χ3n) is 4.99. The molecule has 21 heavy (non-hydrogen) atoms. The van der Waals surface area contributed by atoms with Crippen molar-refractivity contribution in [2.75, 3.05) is 0 Å². The van der Waals surface area contributed by atoms with Gasteiger partial charge in [0.2, 0.25) is 0 Å². The lowest BCUT2D eigenvalue weighted by molar-refractivity contribution is 0.110. The van der Waals surface area contributed by atoms with E-state index in [1.54, 1.807) is 0 Å². The van der Waals surface area contributed by atoms with Crippen molar-refractivity contribution in [3.63, 3.8) is 0 Å². The van der Waals surface area contributed by atoms with Crippen molar-refractivity contribution >= 4 is 15.9 Å². The van der Waals surface area contributed by atoms with Gasteiger partial charge < -0.3 is 5.32 Å². The lowest BCUT2D eigenvalue weighted by atomic mass is 9.69. The van der Waals surface area contributed by atoms with E-state index < -0.39 is 0 Å². The number of rotatable bonds is 3. The molecule has 0 aromatic heterocycles. The van der Waals surface area contributed by atoms with E-state index in [1.807, 2.05) is 0 Å². The second-order valence-corrected chi connectivity index (χ2v) is 9.06. The van der Waals surface area contributed by atoms with Crippen LogP contribution in [-0.2, 0) is 5.54 Å². The van der Waals surface area contributed by atoms with Crippen LogP contribution in [-0.4, -0.2) is 6.04 Å². The monoisotopic (exact) mass is 351 g/mol. The first kappa shape index (κ1) is 17.0. The standard InChI is InChI=1S/C19H30BrN/c1-18(2,3)16-8-6-7-9-17(16)21-19(4,5)14-10-12-15(20)13-11-14/h10-13,16-17,21H,6-9H2,1-5H3. The van der Waals surface area contributed by atoms with Gasteiger partial charge >= 0.3 is 0 Å². The molecule has 1 N–H and O–H groups in total. The van der Waals surface area contributed by atoms with E-state index in [0.717, 1.165) is 10.4 Å². The summed E-state index contributed by atoms with van der Waals surface area (Å²) in [6.07, 6.45) is 5.42. The Morgan fingerprint density at radius 1 is 0.952 bits per heavy atom. The molecule has 1 saturated carbocycles. The van der Waals surface area contributed by atoms with E-state index in [2.05, 4.69) is 80.1 Å². The summed E-state index contributed by atoms with van der Waals surface area (Å²) in [5, 5.41) is 3.97. The molecule has 1 aliphatic rings. The van der Waals surface area contributed by atoms with E-state index in [9.17, 15) is 0 Å². The summed E-state index contributed by atoms with van der Waals surface area (Å²) in [6.45, 7) is 11.8. The van der Waals surface area contributed by atoms with Gasteiger partial charge in [-0.2, -0.15) is 0 Å². The Bertz CT molecular complexity index is 455. The summed E-state index contributed by atoms with van der Waals surface area (Å²) in [5.74, 6) is 0.765. The molecule has 1 aromatic rings. The second kappa shape index (κ2) is 6.42. The summed E-state index contributed by atoms with van der Waals surface area (Å²) in [7, 11) is 0. The Morgan fingerprint density at radius 2 is 1.52 bits per heavy atom.